The molecule has 5 nitrogen and oxygen atoms in total. The minimum Gasteiger partial charge on any atom is -0.481 e. The summed E-state index contributed by atoms with van der Waals surface area (Å²) in [5.41, 5.74) is 3.43. The first-order valence-electron chi connectivity index (χ1n) is 8.66. The summed E-state index contributed by atoms with van der Waals surface area (Å²) in [5.74, 6) is -0.808. The zero-order chi connectivity index (χ0) is 18.3. The van der Waals surface area contributed by atoms with Gasteiger partial charge >= 0.3 is 5.97 Å². The van der Waals surface area contributed by atoms with E-state index in [1.165, 1.54) is 16.9 Å². The van der Waals surface area contributed by atoms with Crippen molar-refractivity contribution in [2.75, 3.05) is 5.32 Å². The molecule has 0 saturated carbocycles. The van der Waals surface area contributed by atoms with Crippen molar-refractivity contribution in [2.24, 2.45) is 0 Å². The van der Waals surface area contributed by atoms with Gasteiger partial charge in [-0.1, -0.05) is 35.9 Å². The van der Waals surface area contributed by atoms with Crippen molar-refractivity contribution in [3.63, 3.8) is 0 Å². The van der Waals surface area contributed by atoms with Crippen LogP contribution < -0.4 is 10.6 Å². The van der Waals surface area contributed by atoms with E-state index in [-0.39, 0.29) is 30.3 Å². The Balaban J connectivity index is 1.45. The van der Waals surface area contributed by atoms with Crippen molar-refractivity contribution < 1.29 is 14.7 Å². The standard InChI is InChI=1S/C19H19ClN2O3S/c20-16-9-11-8-15(22-19(11)26-16)18(25)21-14-7-10-3-1-2-4-12(10)13(14)5-6-17(23)24/h1-4,9,13-15,22H,5-8H2,(H,21,25)(H,23,24)/t13-,14-,15?/m1/s1. The largest absolute Gasteiger partial charge is 0.481 e. The van der Waals surface area contributed by atoms with E-state index in [1.54, 1.807) is 0 Å². The highest BCUT2D eigenvalue weighted by Gasteiger charge is 2.36. The number of thiophene rings is 1. The zero-order valence-corrected chi connectivity index (χ0v) is 15.6. The fourth-order valence-corrected chi connectivity index (χ4v) is 5.24. The second kappa shape index (κ2) is 6.93. The maximum atomic E-state index is 12.8. The molecule has 2 heterocycles. The van der Waals surface area contributed by atoms with E-state index in [1.807, 2.05) is 24.3 Å². The number of carbonyl (C=O) groups excluding carboxylic acids is 1. The molecule has 2 aliphatic rings. The molecule has 0 bridgehead atoms. The Morgan fingerprint density at radius 2 is 2.08 bits per heavy atom. The number of anilines is 1. The van der Waals surface area contributed by atoms with Crippen LogP contribution in [0.4, 0.5) is 5.00 Å². The summed E-state index contributed by atoms with van der Waals surface area (Å²) in [6.45, 7) is 0. The van der Waals surface area contributed by atoms with Gasteiger partial charge in [0.15, 0.2) is 0 Å². The Kier molecular flexibility index (Phi) is 4.63. The lowest BCUT2D eigenvalue weighted by molar-refractivity contribution is -0.137. The molecular formula is C19H19ClN2O3S. The van der Waals surface area contributed by atoms with E-state index >= 15 is 0 Å². The van der Waals surface area contributed by atoms with Gasteiger partial charge in [-0.05, 0) is 35.6 Å². The number of benzene rings is 1. The fourth-order valence-electron chi connectivity index (χ4n) is 4.00. The van der Waals surface area contributed by atoms with Crippen molar-refractivity contribution in [2.45, 2.75) is 43.7 Å². The van der Waals surface area contributed by atoms with Crippen molar-refractivity contribution in [1.29, 1.82) is 0 Å². The number of amides is 1. The second-order valence-electron chi connectivity index (χ2n) is 6.86. The Labute approximate surface area is 160 Å². The van der Waals surface area contributed by atoms with Gasteiger partial charge in [-0.25, -0.2) is 0 Å². The van der Waals surface area contributed by atoms with Gasteiger partial charge in [-0.2, -0.15) is 0 Å². The monoisotopic (exact) mass is 390 g/mol. The number of halogens is 1. The maximum absolute atomic E-state index is 12.8. The predicted octanol–water partition coefficient (Wildman–Crippen LogP) is 3.43. The van der Waals surface area contributed by atoms with E-state index in [0.717, 1.165) is 26.9 Å². The second-order valence-corrected chi connectivity index (χ2v) is 8.55. The minimum atomic E-state index is -0.807. The third kappa shape index (κ3) is 3.31. The van der Waals surface area contributed by atoms with Gasteiger partial charge < -0.3 is 15.7 Å². The summed E-state index contributed by atoms with van der Waals surface area (Å²) in [5, 5.41) is 16.4. The number of carbonyl (C=O) groups is 2. The first-order chi connectivity index (χ1) is 12.5. The molecule has 0 radical (unpaired) electrons. The van der Waals surface area contributed by atoms with E-state index in [0.29, 0.717) is 12.8 Å². The van der Waals surface area contributed by atoms with Crippen LogP contribution in [0.25, 0.3) is 0 Å². The quantitative estimate of drug-likeness (QED) is 0.730. The Morgan fingerprint density at radius 1 is 1.27 bits per heavy atom. The number of carboxylic acid groups (broad SMARTS) is 1. The smallest absolute Gasteiger partial charge is 0.303 e. The van der Waals surface area contributed by atoms with Crippen LogP contribution in [0.1, 0.15) is 35.4 Å². The Morgan fingerprint density at radius 3 is 2.85 bits per heavy atom. The lowest BCUT2D eigenvalue weighted by Gasteiger charge is -2.23. The first-order valence-corrected chi connectivity index (χ1v) is 9.85. The molecule has 3 atom stereocenters. The van der Waals surface area contributed by atoms with Crippen molar-refractivity contribution >= 4 is 39.8 Å². The molecule has 1 aliphatic heterocycles. The number of rotatable bonds is 5. The highest BCUT2D eigenvalue weighted by molar-refractivity contribution is 7.20. The van der Waals surface area contributed by atoms with E-state index < -0.39 is 5.97 Å². The van der Waals surface area contributed by atoms with Gasteiger partial charge in [0.25, 0.3) is 0 Å². The summed E-state index contributed by atoms with van der Waals surface area (Å²) >= 11 is 7.46. The fraction of sp³-hybridized carbons (Fsp3) is 0.368. The molecule has 2 aromatic rings. The third-order valence-corrected chi connectivity index (χ3v) is 6.44. The number of fused-ring (bicyclic) bond motifs is 2. The van der Waals surface area contributed by atoms with Gasteiger partial charge in [0.1, 0.15) is 6.04 Å². The highest BCUT2D eigenvalue weighted by atomic mass is 35.5. The number of aliphatic carboxylic acids is 1. The molecule has 0 spiro atoms. The topological polar surface area (TPSA) is 78.4 Å². The maximum Gasteiger partial charge on any atom is 0.303 e. The van der Waals surface area contributed by atoms with Crippen LogP contribution in [0.5, 0.6) is 0 Å². The van der Waals surface area contributed by atoms with Gasteiger partial charge in [-0.3, -0.25) is 9.59 Å². The van der Waals surface area contributed by atoms with Gasteiger partial charge in [0, 0.05) is 24.8 Å². The number of nitrogens with one attached hydrogen (secondary N) is 2. The normalized spacial score (nSPS) is 23.2. The molecule has 26 heavy (non-hydrogen) atoms. The number of hydrogen-bond acceptors (Lipinski definition) is 4. The number of hydrogen-bond donors (Lipinski definition) is 3. The van der Waals surface area contributed by atoms with Gasteiger partial charge in [0.2, 0.25) is 5.91 Å². The molecule has 1 unspecified atom stereocenters. The first kappa shape index (κ1) is 17.4. The molecule has 136 valence electrons. The van der Waals surface area contributed by atoms with Crippen LogP contribution >= 0.6 is 22.9 Å². The summed E-state index contributed by atoms with van der Waals surface area (Å²) < 4.78 is 0.723. The molecule has 0 fully saturated rings. The summed E-state index contributed by atoms with van der Waals surface area (Å²) in [6, 6.07) is 9.60. The van der Waals surface area contributed by atoms with Gasteiger partial charge in [-0.15, -0.1) is 11.3 Å². The van der Waals surface area contributed by atoms with Crippen LogP contribution in [0.15, 0.2) is 30.3 Å². The average molecular weight is 391 g/mol. The van der Waals surface area contributed by atoms with E-state index in [2.05, 4.69) is 16.7 Å². The summed E-state index contributed by atoms with van der Waals surface area (Å²) in [6.07, 6.45) is 2.00. The Hall–Kier alpha value is -2.05. The molecule has 3 N–H and O–H groups in total. The van der Waals surface area contributed by atoms with Crippen LogP contribution in [0.3, 0.4) is 0 Å². The molecule has 0 saturated heterocycles. The van der Waals surface area contributed by atoms with Crippen molar-refractivity contribution in [3.8, 4) is 0 Å². The third-order valence-electron chi connectivity index (χ3n) is 5.20. The minimum absolute atomic E-state index is 0.0381. The van der Waals surface area contributed by atoms with Gasteiger partial charge in [0.05, 0.1) is 9.34 Å². The molecule has 1 amide bonds. The van der Waals surface area contributed by atoms with Crippen molar-refractivity contribution in [3.05, 3.63) is 51.4 Å². The van der Waals surface area contributed by atoms with Crippen LogP contribution in [0.2, 0.25) is 4.34 Å². The average Bonchev–Trinajstić information content (AvgIpc) is 3.23. The van der Waals surface area contributed by atoms with Crippen LogP contribution in [-0.2, 0) is 22.4 Å². The van der Waals surface area contributed by atoms with E-state index in [4.69, 9.17) is 16.7 Å². The summed E-state index contributed by atoms with van der Waals surface area (Å²) in [4.78, 5) is 23.8. The van der Waals surface area contributed by atoms with Crippen LogP contribution in [-0.4, -0.2) is 29.1 Å². The highest BCUT2D eigenvalue weighted by Crippen LogP contribution is 2.39. The van der Waals surface area contributed by atoms with Crippen molar-refractivity contribution in [1.82, 2.24) is 5.32 Å². The Bertz CT molecular complexity index is 843. The predicted molar refractivity (Wildman–Crippen MR) is 102 cm³/mol. The molecule has 1 aromatic carbocycles. The molecule has 7 heteroatoms. The van der Waals surface area contributed by atoms with E-state index in [9.17, 15) is 9.59 Å². The van der Waals surface area contributed by atoms with Crippen LogP contribution in [0, 0.1) is 0 Å². The molecule has 1 aromatic heterocycles. The summed E-state index contributed by atoms with van der Waals surface area (Å²) in [7, 11) is 0. The molecule has 1 aliphatic carbocycles. The SMILES string of the molecule is O=C(O)CC[C@@H]1c2ccccc2C[C@H]1NC(=O)C1Cc2cc(Cl)sc2N1. The molecular weight excluding hydrogens is 372 g/mol. The molecule has 4 rings (SSSR count). The number of carboxylic acids is 1. The lowest BCUT2D eigenvalue weighted by Crippen LogP contribution is -2.45. The lowest BCUT2D eigenvalue weighted by atomic mass is 9.93. The zero-order valence-electron chi connectivity index (χ0n) is 14.0.